The smallest absolute Gasteiger partial charge is 0.326 e. The molecule has 1 atom stereocenters. The van der Waals surface area contributed by atoms with Crippen LogP contribution in [0.2, 0.25) is 5.02 Å². The van der Waals surface area contributed by atoms with E-state index in [4.69, 9.17) is 16.7 Å². The lowest BCUT2D eigenvalue weighted by Gasteiger charge is -2.12. The molecule has 0 bridgehead atoms. The SMILES string of the molecule is CCCC(NC(=O)c1nn(-c2ccccc2Cl)cc1C)C(=O)O. The number of rotatable bonds is 6. The number of benzene rings is 1. The van der Waals surface area contributed by atoms with Crippen LogP contribution in [0.3, 0.4) is 0 Å². The number of aromatic nitrogens is 2. The molecule has 122 valence electrons. The minimum Gasteiger partial charge on any atom is -0.480 e. The van der Waals surface area contributed by atoms with E-state index in [0.717, 1.165) is 0 Å². The van der Waals surface area contributed by atoms with Crippen LogP contribution in [0.25, 0.3) is 5.69 Å². The highest BCUT2D eigenvalue weighted by Crippen LogP contribution is 2.20. The molecule has 1 aromatic carbocycles. The number of halogens is 1. The fourth-order valence-corrected chi connectivity index (χ4v) is 2.44. The first-order valence-electron chi connectivity index (χ1n) is 7.28. The molecule has 2 aromatic rings. The third-order valence-corrected chi connectivity index (χ3v) is 3.71. The Kier molecular flexibility index (Phi) is 5.39. The average Bonchev–Trinajstić information content (AvgIpc) is 2.89. The minimum atomic E-state index is -1.05. The first-order chi connectivity index (χ1) is 10.9. The summed E-state index contributed by atoms with van der Waals surface area (Å²) in [6.07, 6.45) is 2.71. The van der Waals surface area contributed by atoms with E-state index in [1.54, 1.807) is 31.3 Å². The summed E-state index contributed by atoms with van der Waals surface area (Å²) in [6.45, 7) is 3.60. The van der Waals surface area contributed by atoms with Crippen molar-refractivity contribution >= 4 is 23.5 Å². The summed E-state index contributed by atoms with van der Waals surface area (Å²) in [6, 6.07) is 6.22. The number of nitrogens with zero attached hydrogens (tertiary/aromatic N) is 2. The number of carboxylic acids is 1. The summed E-state index contributed by atoms with van der Waals surface area (Å²) in [7, 11) is 0. The Bertz CT molecular complexity index is 727. The lowest BCUT2D eigenvalue weighted by molar-refractivity contribution is -0.139. The summed E-state index contributed by atoms with van der Waals surface area (Å²) < 4.78 is 1.52. The molecule has 0 fully saturated rings. The number of para-hydroxylation sites is 1. The number of carbonyl (C=O) groups is 2. The maximum atomic E-state index is 12.3. The summed E-state index contributed by atoms with van der Waals surface area (Å²) in [5.41, 5.74) is 1.48. The number of carbonyl (C=O) groups excluding carboxylic acids is 1. The second kappa shape index (κ2) is 7.28. The van der Waals surface area contributed by atoms with Crippen LogP contribution in [-0.4, -0.2) is 32.8 Å². The van der Waals surface area contributed by atoms with Crippen molar-refractivity contribution in [2.45, 2.75) is 32.7 Å². The Hall–Kier alpha value is -2.34. The second-order valence-corrected chi connectivity index (χ2v) is 5.62. The zero-order valence-electron chi connectivity index (χ0n) is 12.9. The van der Waals surface area contributed by atoms with E-state index in [2.05, 4.69) is 10.4 Å². The third kappa shape index (κ3) is 3.90. The van der Waals surface area contributed by atoms with Crippen LogP contribution >= 0.6 is 11.6 Å². The first kappa shape index (κ1) is 17.0. The van der Waals surface area contributed by atoms with E-state index in [1.807, 2.05) is 13.0 Å². The second-order valence-electron chi connectivity index (χ2n) is 5.21. The lowest BCUT2D eigenvalue weighted by Crippen LogP contribution is -2.41. The maximum absolute atomic E-state index is 12.3. The van der Waals surface area contributed by atoms with Gasteiger partial charge in [0.15, 0.2) is 5.69 Å². The maximum Gasteiger partial charge on any atom is 0.326 e. The molecule has 6 nitrogen and oxygen atoms in total. The fourth-order valence-electron chi connectivity index (χ4n) is 2.22. The van der Waals surface area contributed by atoms with Crippen molar-refractivity contribution in [3.8, 4) is 5.69 Å². The number of aryl methyl sites for hydroxylation is 1. The van der Waals surface area contributed by atoms with Gasteiger partial charge in [-0.15, -0.1) is 0 Å². The van der Waals surface area contributed by atoms with Crippen LogP contribution in [0.5, 0.6) is 0 Å². The number of nitrogens with one attached hydrogen (secondary N) is 1. The van der Waals surface area contributed by atoms with Crippen LogP contribution in [0.1, 0.15) is 35.8 Å². The summed E-state index contributed by atoms with van der Waals surface area (Å²) in [5.74, 6) is -1.56. The topological polar surface area (TPSA) is 84.2 Å². The van der Waals surface area contributed by atoms with Gasteiger partial charge in [-0.1, -0.05) is 37.1 Å². The highest BCUT2D eigenvalue weighted by Gasteiger charge is 2.22. The lowest BCUT2D eigenvalue weighted by atomic mass is 10.1. The summed E-state index contributed by atoms with van der Waals surface area (Å²) in [5, 5.41) is 16.4. The van der Waals surface area contributed by atoms with Gasteiger partial charge in [-0.2, -0.15) is 5.10 Å². The molecule has 0 aliphatic carbocycles. The predicted octanol–water partition coefficient (Wildman–Crippen LogP) is 2.82. The summed E-state index contributed by atoms with van der Waals surface area (Å²) in [4.78, 5) is 23.5. The Morgan fingerprint density at radius 3 is 2.70 bits per heavy atom. The molecule has 1 aromatic heterocycles. The minimum absolute atomic E-state index is 0.187. The van der Waals surface area contributed by atoms with Gasteiger partial charge in [0.25, 0.3) is 5.91 Å². The molecule has 23 heavy (non-hydrogen) atoms. The molecule has 0 spiro atoms. The zero-order valence-corrected chi connectivity index (χ0v) is 13.7. The van der Waals surface area contributed by atoms with Crippen molar-refractivity contribution < 1.29 is 14.7 Å². The van der Waals surface area contributed by atoms with E-state index < -0.39 is 17.9 Å². The number of carboxylic acid groups (broad SMARTS) is 1. The zero-order chi connectivity index (χ0) is 17.0. The number of aliphatic carboxylic acids is 1. The monoisotopic (exact) mass is 335 g/mol. The van der Waals surface area contributed by atoms with Crippen molar-refractivity contribution in [2.75, 3.05) is 0 Å². The van der Waals surface area contributed by atoms with Gasteiger partial charge in [0, 0.05) is 11.8 Å². The van der Waals surface area contributed by atoms with Crippen molar-refractivity contribution in [3.05, 3.63) is 46.7 Å². The number of hydrogen-bond donors (Lipinski definition) is 2. The highest BCUT2D eigenvalue weighted by atomic mass is 35.5. The normalized spacial score (nSPS) is 12.0. The Morgan fingerprint density at radius 2 is 2.09 bits per heavy atom. The first-order valence-corrected chi connectivity index (χ1v) is 7.66. The quantitative estimate of drug-likeness (QED) is 0.850. The van der Waals surface area contributed by atoms with Crippen LogP contribution in [0.15, 0.2) is 30.5 Å². The van der Waals surface area contributed by atoms with Gasteiger partial charge in [-0.3, -0.25) is 4.79 Å². The van der Waals surface area contributed by atoms with Crippen LogP contribution in [0, 0.1) is 6.92 Å². The predicted molar refractivity (Wildman–Crippen MR) is 87.1 cm³/mol. The Morgan fingerprint density at radius 1 is 1.39 bits per heavy atom. The molecule has 0 saturated carbocycles. The molecule has 1 unspecified atom stereocenters. The van der Waals surface area contributed by atoms with E-state index in [9.17, 15) is 9.59 Å². The van der Waals surface area contributed by atoms with Gasteiger partial charge < -0.3 is 10.4 Å². The van der Waals surface area contributed by atoms with Crippen molar-refractivity contribution in [2.24, 2.45) is 0 Å². The van der Waals surface area contributed by atoms with E-state index >= 15 is 0 Å². The highest BCUT2D eigenvalue weighted by molar-refractivity contribution is 6.32. The van der Waals surface area contributed by atoms with Crippen molar-refractivity contribution in [1.82, 2.24) is 15.1 Å². The molecule has 2 rings (SSSR count). The molecular formula is C16H18ClN3O3. The standard InChI is InChI=1S/C16H18ClN3O3/c1-3-6-12(16(22)23)18-15(21)14-10(2)9-20(19-14)13-8-5-4-7-11(13)17/h4-5,7-9,12H,3,6H2,1-2H3,(H,18,21)(H,22,23). The van der Waals surface area contributed by atoms with E-state index in [1.165, 1.54) is 4.68 Å². The molecule has 0 aliphatic rings. The molecule has 1 heterocycles. The Balaban J connectivity index is 2.26. The van der Waals surface area contributed by atoms with Gasteiger partial charge in [0.1, 0.15) is 6.04 Å². The largest absolute Gasteiger partial charge is 0.480 e. The van der Waals surface area contributed by atoms with Crippen molar-refractivity contribution in [1.29, 1.82) is 0 Å². The van der Waals surface area contributed by atoms with E-state index in [-0.39, 0.29) is 5.69 Å². The van der Waals surface area contributed by atoms with Gasteiger partial charge in [0.05, 0.1) is 10.7 Å². The van der Waals surface area contributed by atoms with Gasteiger partial charge >= 0.3 is 5.97 Å². The molecule has 7 heteroatoms. The van der Waals surface area contributed by atoms with Crippen LogP contribution in [0.4, 0.5) is 0 Å². The van der Waals surface area contributed by atoms with Crippen LogP contribution < -0.4 is 5.32 Å². The molecule has 1 amide bonds. The molecule has 0 aliphatic heterocycles. The van der Waals surface area contributed by atoms with Crippen molar-refractivity contribution in [3.63, 3.8) is 0 Å². The molecule has 2 N–H and O–H groups in total. The molecule has 0 radical (unpaired) electrons. The number of amides is 1. The van der Waals surface area contributed by atoms with Gasteiger partial charge in [-0.25, -0.2) is 9.48 Å². The molecular weight excluding hydrogens is 318 g/mol. The molecule has 0 saturated heterocycles. The fraction of sp³-hybridized carbons (Fsp3) is 0.312. The number of hydrogen-bond acceptors (Lipinski definition) is 3. The van der Waals surface area contributed by atoms with Crippen LogP contribution in [-0.2, 0) is 4.79 Å². The third-order valence-electron chi connectivity index (χ3n) is 3.39. The summed E-state index contributed by atoms with van der Waals surface area (Å²) >= 11 is 6.13. The Labute approximate surface area is 139 Å². The average molecular weight is 336 g/mol. The van der Waals surface area contributed by atoms with Gasteiger partial charge in [-0.05, 0) is 25.5 Å². The van der Waals surface area contributed by atoms with E-state index in [0.29, 0.717) is 29.1 Å². The van der Waals surface area contributed by atoms with Gasteiger partial charge in [0.2, 0.25) is 0 Å².